The van der Waals surface area contributed by atoms with Gasteiger partial charge < -0.3 is 5.73 Å². The zero-order valence-electron chi connectivity index (χ0n) is 9.69. The molecule has 2 N–H and O–H groups in total. The number of hydrogen-bond acceptors (Lipinski definition) is 4. The van der Waals surface area contributed by atoms with Crippen LogP contribution in [0.2, 0.25) is 0 Å². The van der Waals surface area contributed by atoms with Crippen LogP contribution in [0.15, 0.2) is 6.33 Å². The number of aromatic nitrogens is 3. The van der Waals surface area contributed by atoms with Gasteiger partial charge in [0.25, 0.3) is 0 Å². The van der Waals surface area contributed by atoms with Crippen molar-refractivity contribution < 1.29 is 0 Å². The molecule has 86 valence electrons. The molecule has 0 aliphatic rings. The van der Waals surface area contributed by atoms with Crippen LogP contribution in [0.4, 0.5) is 0 Å². The van der Waals surface area contributed by atoms with E-state index in [0.717, 1.165) is 31.9 Å². The van der Waals surface area contributed by atoms with Gasteiger partial charge >= 0.3 is 0 Å². The summed E-state index contributed by atoms with van der Waals surface area (Å²) in [5, 5.41) is 4.04. The molecule has 15 heavy (non-hydrogen) atoms. The summed E-state index contributed by atoms with van der Waals surface area (Å²) in [5.74, 6) is 1.01. The molecule has 0 bridgehead atoms. The van der Waals surface area contributed by atoms with Crippen LogP contribution in [0.5, 0.6) is 0 Å². The fourth-order valence-electron chi connectivity index (χ4n) is 1.49. The lowest BCUT2D eigenvalue weighted by atomic mass is 10.2. The fourth-order valence-corrected chi connectivity index (χ4v) is 1.49. The van der Waals surface area contributed by atoms with E-state index >= 15 is 0 Å². The van der Waals surface area contributed by atoms with Gasteiger partial charge in [-0.15, -0.1) is 0 Å². The second-order valence-electron chi connectivity index (χ2n) is 3.89. The Balaban J connectivity index is 2.18. The number of nitrogens with two attached hydrogens (primary N) is 1. The van der Waals surface area contributed by atoms with Crippen molar-refractivity contribution in [2.24, 2.45) is 12.8 Å². The SMILES string of the molecule is CN(CCCCCN)Cc1ncnn1C. The zero-order valence-corrected chi connectivity index (χ0v) is 9.69. The van der Waals surface area contributed by atoms with Gasteiger partial charge in [0.2, 0.25) is 0 Å². The third kappa shape index (κ3) is 4.40. The molecule has 0 radical (unpaired) electrons. The number of rotatable bonds is 7. The quantitative estimate of drug-likeness (QED) is 0.662. The summed E-state index contributed by atoms with van der Waals surface area (Å²) in [6, 6.07) is 0. The highest BCUT2D eigenvalue weighted by atomic mass is 15.3. The van der Waals surface area contributed by atoms with Crippen LogP contribution in [-0.4, -0.2) is 39.8 Å². The standard InChI is InChI=1S/C10H21N5/c1-14(7-5-3-4-6-11)8-10-12-9-13-15(10)2/h9H,3-8,11H2,1-2H3. The van der Waals surface area contributed by atoms with Crippen LogP contribution >= 0.6 is 0 Å². The smallest absolute Gasteiger partial charge is 0.140 e. The molecule has 1 rings (SSSR count). The monoisotopic (exact) mass is 211 g/mol. The van der Waals surface area contributed by atoms with Crippen molar-refractivity contribution in [3.63, 3.8) is 0 Å². The third-order valence-corrected chi connectivity index (χ3v) is 2.46. The van der Waals surface area contributed by atoms with Gasteiger partial charge in [0, 0.05) is 7.05 Å². The Bertz CT molecular complexity index is 271. The van der Waals surface area contributed by atoms with E-state index < -0.39 is 0 Å². The molecule has 0 unspecified atom stereocenters. The molecule has 1 aromatic rings. The maximum atomic E-state index is 5.44. The molecule has 5 nitrogen and oxygen atoms in total. The predicted molar refractivity (Wildman–Crippen MR) is 60.2 cm³/mol. The largest absolute Gasteiger partial charge is 0.330 e. The van der Waals surface area contributed by atoms with Crippen LogP contribution in [0, 0.1) is 0 Å². The maximum Gasteiger partial charge on any atom is 0.140 e. The minimum absolute atomic E-state index is 0.799. The maximum absolute atomic E-state index is 5.44. The summed E-state index contributed by atoms with van der Waals surface area (Å²) in [7, 11) is 4.03. The third-order valence-electron chi connectivity index (χ3n) is 2.46. The first-order valence-electron chi connectivity index (χ1n) is 5.45. The summed E-state index contributed by atoms with van der Waals surface area (Å²) < 4.78 is 1.82. The average molecular weight is 211 g/mol. The topological polar surface area (TPSA) is 60.0 Å². The normalized spacial score (nSPS) is 11.2. The molecular formula is C10H21N5. The van der Waals surface area contributed by atoms with Gasteiger partial charge in [-0.2, -0.15) is 5.10 Å². The first kappa shape index (κ1) is 12.1. The van der Waals surface area contributed by atoms with Crippen molar-refractivity contribution in [2.45, 2.75) is 25.8 Å². The van der Waals surface area contributed by atoms with Crippen molar-refractivity contribution in [2.75, 3.05) is 20.1 Å². The highest BCUT2D eigenvalue weighted by Crippen LogP contribution is 2.00. The molecule has 0 amide bonds. The van der Waals surface area contributed by atoms with Crippen LogP contribution in [0.1, 0.15) is 25.1 Å². The molecular weight excluding hydrogens is 190 g/mol. The molecule has 1 aromatic heterocycles. The van der Waals surface area contributed by atoms with E-state index in [0.29, 0.717) is 0 Å². The van der Waals surface area contributed by atoms with E-state index in [1.165, 1.54) is 12.8 Å². The van der Waals surface area contributed by atoms with Gasteiger partial charge in [0.05, 0.1) is 6.54 Å². The number of aryl methyl sites for hydroxylation is 1. The van der Waals surface area contributed by atoms with E-state index in [1.807, 2.05) is 11.7 Å². The van der Waals surface area contributed by atoms with E-state index in [4.69, 9.17) is 5.73 Å². The van der Waals surface area contributed by atoms with E-state index in [-0.39, 0.29) is 0 Å². The molecule has 0 aromatic carbocycles. The number of hydrogen-bond donors (Lipinski definition) is 1. The first-order chi connectivity index (χ1) is 7.24. The van der Waals surface area contributed by atoms with Crippen molar-refractivity contribution in [1.82, 2.24) is 19.7 Å². The van der Waals surface area contributed by atoms with E-state index in [9.17, 15) is 0 Å². The van der Waals surface area contributed by atoms with Crippen molar-refractivity contribution in [3.05, 3.63) is 12.2 Å². The van der Waals surface area contributed by atoms with Gasteiger partial charge in [-0.1, -0.05) is 6.42 Å². The van der Waals surface area contributed by atoms with Crippen molar-refractivity contribution in [3.8, 4) is 0 Å². The highest BCUT2D eigenvalue weighted by molar-refractivity contribution is 4.82. The first-order valence-corrected chi connectivity index (χ1v) is 5.45. The highest BCUT2D eigenvalue weighted by Gasteiger charge is 2.04. The summed E-state index contributed by atoms with van der Waals surface area (Å²) >= 11 is 0. The van der Waals surface area contributed by atoms with Crippen LogP contribution in [-0.2, 0) is 13.6 Å². The van der Waals surface area contributed by atoms with E-state index in [1.54, 1.807) is 6.33 Å². The second-order valence-corrected chi connectivity index (χ2v) is 3.89. The molecule has 0 aliphatic heterocycles. The second kappa shape index (κ2) is 6.53. The number of unbranched alkanes of at least 4 members (excludes halogenated alkanes) is 2. The van der Waals surface area contributed by atoms with Crippen LogP contribution in [0.25, 0.3) is 0 Å². The zero-order chi connectivity index (χ0) is 11.1. The molecule has 0 aliphatic carbocycles. The molecule has 0 atom stereocenters. The molecule has 5 heteroatoms. The minimum atomic E-state index is 0.799. The Morgan fingerprint density at radius 3 is 2.80 bits per heavy atom. The lowest BCUT2D eigenvalue weighted by Crippen LogP contribution is -2.21. The van der Waals surface area contributed by atoms with Gasteiger partial charge in [-0.05, 0) is 33.0 Å². The number of nitrogens with zero attached hydrogens (tertiary/aromatic N) is 4. The van der Waals surface area contributed by atoms with Gasteiger partial charge in [0.15, 0.2) is 0 Å². The summed E-state index contributed by atoms with van der Waals surface area (Å²) in [4.78, 5) is 6.45. The molecule has 0 saturated carbocycles. The lowest BCUT2D eigenvalue weighted by Gasteiger charge is -2.15. The summed E-state index contributed by atoms with van der Waals surface area (Å²) in [5.41, 5.74) is 5.44. The Hall–Kier alpha value is -0.940. The lowest BCUT2D eigenvalue weighted by molar-refractivity contribution is 0.305. The van der Waals surface area contributed by atoms with Crippen LogP contribution < -0.4 is 5.73 Å². The van der Waals surface area contributed by atoms with Crippen molar-refractivity contribution >= 4 is 0 Å². The van der Waals surface area contributed by atoms with Crippen molar-refractivity contribution in [1.29, 1.82) is 0 Å². The minimum Gasteiger partial charge on any atom is -0.330 e. The van der Waals surface area contributed by atoms with Gasteiger partial charge in [-0.3, -0.25) is 9.58 Å². The Morgan fingerprint density at radius 2 is 2.20 bits per heavy atom. The summed E-state index contributed by atoms with van der Waals surface area (Å²) in [6.07, 6.45) is 5.13. The van der Waals surface area contributed by atoms with Gasteiger partial charge in [-0.25, -0.2) is 4.98 Å². The summed E-state index contributed by atoms with van der Waals surface area (Å²) in [6.45, 7) is 2.75. The fraction of sp³-hybridized carbons (Fsp3) is 0.800. The Kier molecular flexibility index (Phi) is 5.28. The average Bonchev–Trinajstić information content (AvgIpc) is 2.59. The van der Waals surface area contributed by atoms with Gasteiger partial charge in [0.1, 0.15) is 12.2 Å². The molecule has 0 fully saturated rings. The predicted octanol–water partition coefficient (Wildman–Crippen LogP) is 0.376. The molecule has 1 heterocycles. The molecule has 0 saturated heterocycles. The molecule has 0 spiro atoms. The Labute approximate surface area is 91.3 Å². The van der Waals surface area contributed by atoms with E-state index in [2.05, 4.69) is 22.0 Å². The van der Waals surface area contributed by atoms with Crippen LogP contribution in [0.3, 0.4) is 0 Å². The Morgan fingerprint density at radius 1 is 1.40 bits per heavy atom.